The first-order valence-corrected chi connectivity index (χ1v) is 10.3. The Balaban J connectivity index is 0.00000280. The van der Waals surface area contributed by atoms with Gasteiger partial charge >= 0.3 is 0 Å². The molecule has 1 aliphatic heterocycles. The second-order valence-corrected chi connectivity index (χ2v) is 7.37. The lowest BCUT2D eigenvalue weighted by molar-refractivity contribution is -0.124. The van der Waals surface area contributed by atoms with E-state index in [-0.39, 0.29) is 36.0 Å². The molecule has 1 aromatic carbocycles. The Bertz CT molecular complexity index is 641. The number of carbonyl (C=O) groups excluding carboxylic acids is 1. The van der Waals surface area contributed by atoms with Crippen molar-refractivity contribution < 1.29 is 9.53 Å². The summed E-state index contributed by atoms with van der Waals surface area (Å²) in [5.41, 5.74) is 1.87. The zero-order valence-corrected chi connectivity index (χ0v) is 19.0. The number of benzene rings is 1. The molecule has 1 saturated carbocycles. The maximum atomic E-state index is 12.2. The number of halogens is 1. The SMILES string of the molecule is CCNC(=NCc1cccc(NC(=O)C2CCCO2)c1)NC1CCCCC1.I. The van der Waals surface area contributed by atoms with Crippen LogP contribution in [0.1, 0.15) is 57.4 Å². The molecule has 0 bridgehead atoms. The fourth-order valence-electron chi connectivity index (χ4n) is 3.69. The van der Waals surface area contributed by atoms with Gasteiger partial charge in [0.2, 0.25) is 0 Å². The topological polar surface area (TPSA) is 74.8 Å². The Morgan fingerprint density at radius 2 is 2.00 bits per heavy atom. The van der Waals surface area contributed by atoms with E-state index in [0.717, 1.165) is 36.6 Å². The summed E-state index contributed by atoms with van der Waals surface area (Å²) in [7, 11) is 0. The molecule has 3 N–H and O–H groups in total. The molecule has 2 fully saturated rings. The van der Waals surface area contributed by atoms with Crippen molar-refractivity contribution >= 4 is 41.5 Å². The molecule has 1 aromatic rings. The second kappa shape index (κ2) is 12.3. The van der Waals surface area contributed by atoms with Crippen molar-refractivity contribution in [3.8, 4) is 0 Å². The van der Waals surface area contributed by atoms with E-state index >= 15 is 0 Å². The highest BCUT2D eigenvalue weighted by molar-refractivity contribution is 14.0. The molecule has 1 aliphatic carbocycles. The maximum Gasteiger partial charge on any atom is 0.253 e. The Kier molecular flexibility index (Phi) is 10.0. The monoisotopic (exact) mass is 500 g/mol. The van der Waals surface area contributed by atoms with Crippen LogP contribution in [0.5, 0.6) is 0 Å². The van der Waals surface area contributed by atoms with E-state index in [9.17, 15) is 4.79 Å². The van der Waals surface area contributed by atoms with E-state index in [1.807, 2.05) is 24.3 Å². The van der Waals surface area contributed by atoms with E-state index in [1.54, 1.807) is 0 Å². The summed E-state index contributed by atoms with van der Waals surface area (Å²) in [5, 5.41) is 9.86. The Labute approximate surface area is 185 Å². The first kappa shape index (κ1) is 22.9. The summed E-state index contributed by atoms with van der Waals surface area (Å²) >= 11 is 0. The molecule has 2 aliphatic rings. The van der Waals surface area contributed by atoms with E-state index in [1.165, 1.54) is 32.1 Å². The molecule has 1 unspecified atom stereocenters. The molecule has 28 heavy (non-hydrogen) atoms. The van der Waals surface area contributed by atoms with Gasteiger partial charge in [-0.15, -0.1) is 24.0 Å². The summed E-state index contributed by atoms with van der Waals surface area (Å²) < 4.78 is 5.44. The lowest BCUT2D eigenvalue weighted by atomic mass is 9.96. The number of ether oxygens (including phenoxy) is 1. The molecule has 156 valence electrons. The van der Waals surface area contributed by atoms with Gasteiger partial charge in [-0.05, 0) is 50.3 Å². The number of nitrogens with zero attached hydrogens (tertiary/aromatic N) is 1. The molecule has 1 saturated heterocycles. The molecule has 0 aromatic heterocycles. The highest BCUT2D eigenvalue weighted by Crippen LogP contribution is 2.18. The minimum atomic E-state index is -0.313. The van der Waals surface area contributed by atoms with Gasteiger partial charge in [0.15, 0.2) is 5.96 Å². The third kappa shape index (κ3) is 7.24. The number of hydrogen-bond donors (Lipinski definition) is 3. The van der Waals surface area contributed by atoms with Crippen LogP contribution in [0.15, 0.2) is 29.3 Å². The van der Waals surface area contributed by atoms with Crippen molar-refractivity contribution in [2.45, 2.75) is 70.6 Å². The number of aliphatic imine (C=N–C) groups is 1. The molecule has 0 spiro atoms. The lowest BCUT2D eigenvalue weighted by Crippen LogP contribution is -2.44. The summed E-state index contributed by atoms with van der Waals surface area (Å²) in [6.45, 7) is 4.18. The van der Waals surface area contributed by atoms with Gasteiger partial charge in [0.25, 0.3) is 5.91 Å². The molecule has 1 amide bonds. The average Bonchev–Trinajstić information content (AvgIpc) is 3.22. The van der Waals surface area contributed by atoms with E-state index in [2.05, 4.69) is 22.9 Å². The quantitative estimate of drug-likeness (QED) is 0.316. The van der Waals surface area contributed by atoms with Gasteiger partial charge in [-0.3, -0.25) is 4.79 Å². The molecule has 1 atom stereocenters. The first-order chi connectivity index (χ1) is 13.2. The van der Waals surface area contributed by atoms with Crippen LogP contribution in [-0.4, -0.2) is 37.2 Å². The fourth-order valence-corrected chi connectivity index (χ4v) is 3.69. The van der Waals surface area contributed by atoms with Gasteiger partial charge in [-0.2, -0.15) is 0 Å². The van der Waals surface area contributed by atoms with Crippen LogP contribution in [0.4, 0.5) is 5.69 Å². The summed E-state index contributed by atoms with van der Waals surface area (Å²) in [6.07, 6.45) is 7.81. The van der Waals surface area contributed by atoms with Crippen molar-refractivity contribution in [2.24, 2.45) is 4.99 Å². The minimum absolute atomic E-state index is 0. The number of anilines is 1. The van der Waals surface area contributed by atoms with Gasteiger partial charge in [0, 0.05) is 24.9 Å². The number of hydrogen-bond acceptors (Lipinski definition) is 3. The zero-order valence-electron chi connectivity index (χ0n) is 16.7. The van der Waals surface area contributed by atoms with E-state index < -0.39 is 0 Å². The normalized spacial score (nSPS) is 20.3. The second-order valence-electron chi connectivity index (χ2n) is 7.37. The van der Waals surface area contributed by atoms with Crippen molar-refractivity contribution in [2.75, 3.05) is 18.5 Å². The zero-order chi connectivity index (χ0) is 18.9. The van der Waals surface area contributed by atoms with Crippen LogP contribution in [0, 0.1) is 0 Å². The van der Waals surface area contributed by atoms with Crippen molar-refractivity contribution in [3.05, 3.63) is 29.8 Å². The van der Waals surface area contributed by atoms with Gasteiger partial charge < -0.3 is 20.7 Å². The highest BCUT2D eigenvalue weighted by atomic mass is 127. The van der Waals surface area contributed by atoms with E-state index in [0.29, 0.717) is 19.2 Å². The Morgan fingerprint density at radius 1 is 1.18 bits per heavy atom. The van der Waals surface area contributed by atoms with Gasteiger partial charge in [0.05, 0.1) is 6.54 Å². The van der Waals surface area contributed by atoms with Crippen LogP contribution in [0.3, 0.4) is 0 Å². The Morgan fingerprint density at radius 3 is 2.71 bits per heavy atom. The van der Waals surface area contributed by atoms with E-state index in [4.69, 9.17) is 9.73 Å². The summed E-state index contributed by atoms with van der Waals surface area (Å²) in [6, 6.07) is 8.41. The predicted octanol–water partition coefficient (Wildman–Crippen LogP) is 3.81. The lowest BCUT2D eigenvalue weighted by Gasteiger charge is -2.24. The summed E-state index contributed by atoms with van der Waals surface area (Å²) in [4.78, 5) is 16.9. The molecule has 0 radical (unpaired) electrons. The van der Waals surface area contributed by atoms with Crippen LogP contribution >= 0.6 is 24.0 Å². The van der Waals surface area contributed by atoms with Crippen molar-refractivity contribution in [1.82, 2.24) is 10.6 Å². The summed E-state index contributed by atoms with van der Waals surface area (Å²) in [5.74, 6) is 0.818. The van der Waals surface area contributed by atoms with Crippen LogP contribution in [0.2, 0.25) is 0 Å². The number of amides is 1. The minimum Gasteiger partial charge on any atom is -0.368 e. The number of nitrogens with one attached hydrogen (secondary N) is 3. The standard InChI is InChI=1S/C21H32N4O2.HI/c1-2-22-21(25-17-9-4-3-5-10-17)23-15-16-8-6-11-18(14-16)24-20(26)19-12-7-13-27-19;/h6,8,11,14,17,19H,2-5,7,9-10,12-13,15H2,1H3,(H,24,26)(H2,22,23,25);1H. The number of rotatable bonds is 6. The third-order valence-corrected chi connectivity index (χ3v) is 5.13. The Hall–Kier alpha value is -1.35. The van der Waals surface area contributed by atoms with Crippen LogP contribution in [-0.2, 0) is 16.1 Å². The van der Waals surface area contributed by atoms with Gasteiger partial charge in [0.1, 0.15) is 6.10 Å². The number of guanidine groups is 1. The largest absolute Gasteiger partial charge is 0.368 e. The number of carbonyl (C=O) groups is 1. The maximum absolute atomic E-state index is 12.2. The average molecular weight is 500 g/mol. The van der Waals surface area contributed by atoms with Crippen LogP contribution in [0.25, 0.3) is 0 Å². The van der Waals surface area contributed by atoms with Crippen molar-refractivity contribution in [1.29, 1.82) is 0 Å². The van der Waals surface area contributed by atoms with Crippen molar-refractivity contribution in [3.63, 3.8) is 0 Å². The predicted molar refractivity (Wildman–Crippen MR) is 124 cm³/mol. The third-order valence-electron chi connectivity index (χ3n) is 5.13. The van der Waals surface area contributed by atoms with Gasteiger partial charge in [-0.25, -0.2) is 4.99 Å². The highest BCUT2D eigenvalue weighted by Gasteiger charge is 2.23. The van der Waals surface area contributed by atoms with Crippen LogP contribution < -0.4 is 16.0 Å². The molecule has 3 rings (SSSR count). The molecule has 1 heterocycles. The fraction of sp³-hybridized carbons (Fsp3) is 0.619. The molecule has 7 heteroatoms. The van der Waals surface area contributed by atoms with Gasteiger partial charge in [-0.1, -0.05) is 31.4 Å². The first-order valence-electron chi connectivity index (χ1n) is 10.3. The smallest absolute Gasteiger partial charge is 0.253 e. The molecular weight excluding hydrogens is 467 g/mol. The molecular formula is C21H33IN4O2. The molecule has 6 nitrogen and oxygen atoms in total.